The van der Waals surface area contributed by atoms with Crippen LogP contribution in [0.5, 0.6) is 5.75 Å². The number of nitrogens with zero attached hydrogens (tertiary/aromatic N) is 4. The van der Waals surface area contributed by atoms with Crippen LogP contribution >= 0.6 is 11.6 Å². The Morgan fingerprint density at radius 3 is 2.46 bits per heavy atom. The Hall–Kier alpha value is -3.27. The molecule has 37 heavy (non-hydrogen) atoms. The van der Waals surface area contributed by atoms with Crippen LogP contribution < -0.4 is 26.2 Å². The van der Waals surface area contributed by atoms with E-state index in [1.54, 1.807) is 25.1 Å². The molecule has 1 unspecified atom stereocenters. The molecular weight excluding hydrogens is 492 g/mol. The molecule has 1 aromatic heterocycles. The van der Waals surface area contributed by atoms with E-state index in [1.165, 1.54) is 5.01 Å². The number of benzene rings is 2. The number of aromatic nitrogens is 2. The smallest absolute Gasteiger partial charge is 0.279 e. The Labute approximate surface area is 221 Å². The molecule has 9 nitrogen and oxygen atoms in total. The highest BCUT2D eigenvalue weighted by molar-refractivity contribution is 6.30. The van der Waals surface area contributed by atoms with E-state index in [1.807, 2.05) is 30.3 Å². The summed E-state index contributed by atoms with van der Waals surface area (Å²) in [6, 6.07) is 10.9. The molecule has 5 rings (SSSR count). The number of fused-ring (bicyclic) bond motifs is 1. The minimum absolute atomic E-state index is 0.100. The van der Waals surface area contributed by atoms with Gasteiger partial charge >= 0.3 is 0 Å². The minimum atomic E-state index is -0.424. The van der Waals surface area contributed by atoms with Gasteiger partial charge in [-0.2, -0.15) is 0 Å². The summed E-state index contributed by atoms with van der Waals surface area (Å²) in [5.74, 6) is 7.53. The van der Waals surface area contributed by atoms with E-state index in [0.29, 0.717) is 46.7 Å². The number of carbonyl (C=O) groups is 1. The molecule has 3 heterocycles. The van der Waals surface area contributed by atoms with E-state index >= 15 is 0 Å². The van der Waals surface area contributed by atoms with Gasteiger partial charge in [0, 0.05) is 43.3 Å². The van der Waals surface area contributed by atoms with Gasteiger partial charge in [0.1, 0.15) is 17.6 Å². The maximum atomic E-state index is 14.2. The van der Waals surface area contributed by atoms with Crippen molar-refractivity contribution >= 4 is 34.6 Å². The third-order valence-electron chi connectivity index (χ3n) is 7.19. The molecule has 196 valence electrons. The van der Waals surface area contributed by atoms with Crippen molar-refractivity contribution in [1.29, 1.82) is 0 Å². The average Bonchev–Trinajstić information content (AvgIpc) is 3.40. The Morgan fingerprint density at radius 1 is 1.19 bits per heavy atom. The summed E-state index contributed by atoms with van der Waals surface area (Å²) < 4.78 is 13.4. The predicted octanol–water partition coefficient (Wildman–Crippen LogP) is 4.66. The number of ether oxygens (including phenoxy) is 2. The molecule has 2 aliphatic heterocycles. The van der Waals surface area contributed by atoms with Crippen LogP contribution in [0.1, 0.15) is 72.3 Å². The van der Waals surface area contributed by atoms with Gasteiger partial charge < -0.3 is 24.8 Å². The first-order valence-electron chi connectivity index (χ1n) is 12.5. The van der Waals surface area contributed by atoms with E-state index in [2.05, 4.69) is 18.4 Å². The fourth-order valence-electron chi connectivity index (χ4n) is 5.44. The highest BCUT2D eigenvalue weighted by Crippen LogP contribution is 2.47. The van der Waals surface area contributed by atoms with Crippen LogP contribution in [0.15, 0.2) is 36.4 Å². The minimum Gasteiger partial charge on any atom is -0.494 e. The van der Waals surface area contributed by atoms with Gasteiger partial charge in [0.2, 0.25) is 0 Å². The van der Waals surface area contributed by atoms with Crippen LogP contribution in [0.3, 0.4) is 0 Å². The van der Waals surface area contributed by atoms with Crippen LogP contribution in [0, 0.1) is 0 Å². The van der Waals surface area contributed by atoms with Gasteiger partial charge in [-0.3, -0.25) is 9.69 Å². The third kappa shape index (κ3) is 4.31. The van der Waals surface area contributed by atoms with E-state index in [9.17, 15) is 4.79 Å². The zero-order valence-corrected chi connectivity index (χ0v) is 22.3. The number of amides is 1. The molecule has 1 atom stereocenters. The zero-order valence-electron chi connectivity index (χ0n) is 21.6. The number of nitrogen functional groups attached to an aromatic ring is 1. The number of rotatable bonds is 6. The van der Waals surface area contributed by atoms with Crippen LogP contribution in [0.25, 0.3) is 0 Å². The lowest BCUT2D eigenvalue weighted by Gasteiger charge is -2.31. The monoisotopic (exact) mass is 524 g/mol. The van der Waals surface area contributed by atoms with Crippen molar-refractivity contribution in [2.45, 2.75) is 44.7 Å². The summed E-state index contributed by atoms with van der Waals surface area (Å²) in [6.07, 6.45) is 1.76. The average molecular weight is 525 g/mol. The number of imidazole rings is 1. The summed E-state index contributed by atoms with van der Waals surface area (Å²) >= 11 is 6.24. The number of nitrogens with two attached hydrogens (primary N) is 2. The number of anilines is 3. The fourth-order valence-corrected chi connectivity index (χ4v) is 5.56. The first kappa shape index (κ1) is 25.4. The fraction of sp³-hybridized carbons (Fsp3) is 0.407. The van der Waals surface area contributed by atoms with Gasteiger partial charge in [-0.15, -0.1) is 0 Å². The lowest BCUT2D eigenvalue weighted by Crippen LogP contribution is -2.32. The number of hydrogen-bond acceptors (Lipinski definition) is 7. The quantitative estimate of drug-likeness (QED) is 0.274. The number of carbonyl (C=O) groups excluding carboxylic acids is 1. The lowest BCUT2D eigenvalue weighted by atomic mass is 9.98. The maximum absolute atomic E-state index is 14.2. The summed E-state index contributed by atoms with van der Waals surface area (Å²) in [5.41, 5.74) is 10.1. The SMILES string of the molecule is COc1cc(N2C(=O)c3nc(C4CCOCC4)n(C(C)C)c3C2c2ccc(Cl)cc2)cc(N(C)N)c1N. The summed E-state index contributed by atoms with van der Waals surface area (Å²) in [5, 5.41) is 2.04. The molecule has 0 aliphatic carbocycles. The van der Waals surface area contributed by atoms with Crippen molar-refractivity contribution in [3.8, 4) is 5.75 Å². The molecule has 4 N–H and O–H groups in total. The molecule has 2 aromatic carbocycles. The van der Waals surface area contributed by atoms with Crippen LogP contribution in [-0.2, 0) is 4.74 Å². The van der Waals surface area contributed by atoms with Crippen molar-refractivity contribution in [3.63, 3.8) is 0 Å². The largest absolute Gasteiger partial charge is 0.494 e. The van der Waals surface area contributed by atoms with Crippen molar-refractivity contribution in [2.75, 3.05) is 43.0 Å². The first-order chi connectivity index (χ1) is 17.7. The van der Waals surface area contributed by atoms with E-state index < -0.39 is 6.04 Å². The highest BCUT2D eigenvalue weighted by Gasteiger charge is 2.45. The zero-order chi connectivity index (χ0) is 26.4. The van der Waals surface area contributed by atoms with Crippen molar-refractivity contribution in [3.05, 3.63) is 64.2 Å². The normalized spacial score (nSPS) is 18.0. The second-order valence-corrected chi connectivity index (χ2v) is 10.3. The number of hydrogen-bond donors (Lipinski definition) is 2. The van der Waals surface area contributed by atoms with Gasteiger partial charge in [-0.05, 0) is 50.5 Å². The van der Waals surface area contributed by atoms with Crippen LogP contribution in [-0.4, -0.2) is 42.8 Å². The topological polar surface area (TPSA) is 112 Å². The van der Waals surface area contributed by atoms with Gasteiger partial charge in [0.25, 0.3) is 5.91 Å². The highest BCUT2D eigenvalue weighted by atomic mass is 35.5. The van der Waals surface area contributed by atoms with Gasteiger partial charge in [0.05, 0.1) is 29.9 Å². The molecule has 0 radical (unpaired) electrons. The van der Waals surface area contributed by atoms with E-state index in [-0.39, 0.29) is 17.9 Å². The molecule has 0 bridgehead atoms. The summed E-state index contributed by atoms with van der Waals surface area (Å²) in [6.45, 7) is 5.65. The van der Waals surface area contributed by atoms with Crippen molar-refractivity contribution < 1.29 is 14.3 Å². The van der Waals surface area contributed by atoms with Crippen LogP contribution in [0.2, 0.25) is 5.02 Å². The van der Waals surface area contributed by atoms with E-state index in [4.69, 9.17) is 37.6 Å². The molecule has 1 saturated heterocycles. The standard InChI is InChI=1S/C27H33ClN6O3/c1-15(2)33-25-23(31-26(33)17-9-11-37-12-10-17)27(35)34(24(25)16-5-7-18(28)8-6-16)19-13-20(32(3)30)22(29)21(14-19)36-4/h5-8,13-15,17,24H,9-12,29-30H2,1-4H3. The number of hydrazine groups is 1. The molecule has 0 saturated carbocycles. The second-order valence-electron chi connectivity index (χ2n) is 9.88. The molecule has 3 aromatic rings. The molecule has 1 amide bonds. The van der Waals surface area contributed by atoms with Crippen LogP contribution in [0.4, 0.5) is 17.1 Å². The Balaban J connectivity index is 1.73. The van der Waals surface area contributed by atoms with E-state index in [0.717, 1.165) is 29.9 Å². The molecule has 2 aliphatic rings. The maximum Gasteiger partial charge on any atom is 0.279 e. The second kappa shape index (κ2) is 9.89. The Morgan fingerprint density at radius 2 is 1.86 bits per heavy atom. The Kier molecular flexibility index (Phi) is 6.78. The van der Waals surface area contributed by atoms with Crippen molar-refractivity contribution in [2.24, 2.45) is 5.84 Å². The number of halogens is 1. The van der Waals surface area contributed by atoms with Gasteiger partial charge in [-0.1, -0.05) is 23.7 Å². The summed E-state index contributed by atoms with van der Waals surface area (Å²) in [4.78, 5) is 20.9. The Bertz CT molecular complexity index is 1310. The third-order valence-corrected chi connectivity index (χ3v) is 7.44. The van der Waals surface area contributed by atoms with Gasteiger partial charge in [-0.25, -0.2) is 10.8 Å². The molecular formula is C27H33ClN6O3. The number of methoxy groups -OCH3 is 1. The first-order valence-corrected chi connectivity index (χ1v) is 12.8. The molecule has 10 heteroatoms. The molecule has 1 fully saturated rings. The molecule has 0 spiro atoms. The summed E-state index contributed by atoms with van der Waals surface area (Å²) in [7, 11) is 3.24. The van der Waals surface area contributed by atoms with Crippen molar-refractivity contribution in [1.82, 2.24) is 9.55 Å². The lowest BCUT2D eigenvalue weighted by molar-refractivity contribution is 0.0824. The predicted molar refractivity (Wildman–Crippen MR) is 146 cm³/mol. The van der Waals surface area contributed by atoms with Gasteiger partial charge in [0.15, 0.2) is 5.69 Å².